The lowest BCUT2D eigenvalue weighted by molar-refractivity contribution is -0.140. The number of hydrogen-bond acceptors (Lipinski definition) is 5. The van der Waals surface area contributed by atoms with E-state index in [1.165, 1.54) is 19.4 Å². The molecule has 1 unspecified atom stereocenters. The van der Waals surface area contributed by atoms with E-state index < -0.39 is 0 Å². The molecule has 23 heavy (non-hydrogen) atoms. The van der Waals surface area contributed by atoms with Gasteiger partial charge in [-0.2, -0.15) is 0 Å². The Morgan fingerprint density at radius 2 is 2.17 bits per heavy atom. The van der Waals surface area contributed by atoms with Crippen LogP contribution in [0.3, 0.4) is 0 Å². The van der Waals surface area contributed by atoms with Crippen molar-refractivity contribution in [1.29, 1.82) is 0 Å². The molecule has 0 aromatic rings. The summed E-state index contributed by atoms with van der Waals surface area (Å²) in [5.41, 5.74) is 0.682. The van der Waals surface area contributed by atoms with E-state index in [0.29, 0.717) is 22.9 Å². The van der Waals surface area contributed by atoms with Crippen molar-refractivity contribution < 1.29 is 19.1 Å². The van der Waals surface area contributed by atoms with Crippen molar-refractivity contribution in [2.45, 2.75) is 20.3 Å². The number of allylic oxidation sites excluding steroid dienone is 4. The van der Waals surface area contributed by atoms with Gasteiger partial charge >= 0.3 is 5.97 Å². The van der Waals surface area contributed by atoms with Crippen LogP contribution in [0, 0.1) is 11.8 Å². The van der Waals surface area contributed by atoms with Crippen LogP contribution in [0.5, 0.6) is 0 Å². The van der Waals surface area contributed by atoms with Crippen LogP contribution in [-0.2, 0) is 19.1 Å². The van der Waals surface area contributed by atoms with E-state index in [2.05, 4.69) is 4.74 Å². The molecule has 0 aromatic carbocycles. The Labute approximate surface area is 140 Å². The van der Waals surface area contributed by atoms with Crippen molar-refractivity contribution in [1.82, 2.24) is 4.90 Å². The summed E-state index contributed by atoms with van der Waals surface area (Å²) in [5.74, 6) is 0.00841. The molecule has 0 saturated carbocycles. The van der Waals surface area contributed by atoms with Gasteiger partial charge in [0, 0.05) is 29.6 Å². The Balaban J connectivity index is 2.24. The molecule has 0 aromatic heterocycles. The number of ketones is 1. The highest BCUT2D eigenvalue weighted by molar-refractivity contribution is 6.33. The smallest absolute Gasteiger partial charge is 0.307 e. The van der Waals surface area contributed by atoms with Gasteiger partial charge in [0.2, 0.25) is 0 Å². The van der Waals surface area contributed by atoms with Crippen LogP contribution in [0.25, 0.3) is 0 Å². The Kier molecular flexibility index (Phi) is 5.66. The van der Waals surface area contributed by atoms with Gasteiger partial charge in [-0.1, -0.05) is 25.4 Å². The molecule has 1 atom stereocenters. The average molecular weight is 338 g/mol. The fraction of sp³-hybridized carbons (Fsp3) is 0.412. The van der Waals surface area contributed by atoms with Crippen molar-refractivity contribution in [2.75, 3.05) is 13.7 Å². The second kappa shape index (κ2) is 7.51. The first kappa shape index (κ1) is 17.3. The summed E-state index contributed by atoms with van der Waals surface area (Å²) in [6.07, 6.45) is 8.34. The lowest BCUT2D eigenvalue weighted by Crippen LogP contribution is -2.27. The Hall–Kier alpha value is -2.01. The van der Waals surface area contributed by atoms with Gasteiger partial charge in [0.1, 0.15) is 12.0 Å². The van der Waals surface area contributed by atoms with Crippen LogP contribution >= 0.6 is 11.6 Å². The predicted molar refractivity (Wildman–Crippen MR) is 87.0 cm³/mol. The minimum atomic E-state index is -0.340. The summed E-state index contributed by atoms with van der Waals surface area (Å²) in [6, 6.07) is 0. The zero-order valence-corrected chi connectivity index (χ0v) is 14.2. The van der Waals surface area contributed by atoms with Gasteiger partial charge < -0.3 is 14.4 Å². The molecule has 1 aliphatic heterocycles. The monoisotopic (exact) mass is 337 g/mol. The molecule has 0 bridgehead atoms. The van der Waals surface area contributed by atoms with E-state index in [9.17, 15) is 9.59 Å². The number of carbonyl (C=O) groups is 2. The molecule has 2 aliphatic rings. The maximum atomic E-state index is 12.2. The number of halogens is 1. The second-order valence-corrected chi connectivity index (χ2v) is 6.09. The maximum absolute atomic E-state index is 12.2. The first-order chi connectivity index (χ1) is 10.9. The lowest BCUT2D eigenvalue weighted by atomic mass is 9.81. The molecule has 1 aliphatic carbocycles. The Bertz CT molecular complexity index is 616. The number of ether oxygens (including phenoxy) is 2. The third kappa shape index (κ3) is 4.05. The van der Waals surface area contributed by atoms with Crippen LogP contribution in [0.1, 0.15) is 20.3 Å². The number of esters is 1. The van der Waals surface area contributed by atoms with Crippen molar-refractivity contribution in [2.24, 2.45) is 11.8 Å². The Morgan fingerprint density at radius 3 is 2.83 bits per heavy atom. The topological polar surface area (TPSA) is 55.8 Å². The summed E-state index contributed by atoms with van der Waals surface area (Å²) < 4.78 is 10.2. The number of rotatable bonds is 5. The molecule has 0 spiro atoms. The average Bonchev–Trinajstić information content (AvgIpc) is 2.54. The van der Waals surface area contributed by atoms with E-state index >= 15 is 0 Å². The molecule has 124 valence electrons. The maximum Gasteiger partial charge on any atom is 0.307 e. The van der Waals surface area contributed by atoms with Crippen LogP contribution < -0.4 is 0 Å². The van der Waals surface area contributed by atoms with E-state index in [-0.39, 0.29) is 30.0 Å². The molecule has 0 radical (unpaired) electrons. The van der Waals surface area contributed by atoms with Crippen LogP contribution in [0.2, 0.25) is 0 Å². The van der Waals surface area contributed by atoms with Gasteiger partial charge in [0.15, 0.2) is 5.78 Å². The largest absolute Gasteiger partial charge is 0.469 e. The molecule has 0 N–H and O–H groups in total. The third-order valence-corrected chi connectivity index (χ3v) is 4.06. The number of nitrogens with zero attached hydrogens (tertiary/aromatic N) is 1. The number of methoxy groups -OCH3 is 1. The van der Waals surface area contributed by atoms with Crippen molar-refractivity contribution in [3.63, 3.8) is 0 Å². The van der Waals surface area contributed by atoms with E-state index in [4.69, 9.17) is 16.3 Å². The highest BCUT2D eigenvalue weighted by atomic mass is 35.5. The van der Waals surface area contributed by atoms with Crippen molar-refractivity contribution >= 4 is 23.4 Å². The zero-order valence-electron chi connectivity index (χ0n) is 13.4. The lowest BCUT2D eigenvalue weighted by Gasteiger charge is -2.29. The molecular weight excluding hydrogens is 318 g/mol. The highest BCUT2D eigenvalue weighted by Crippen LogP contribution is 2.37. The molecule has 0 fully saturated rings. The van der Waals surface area contributed by atoms with Crippen LogP contribution in [0.15, 0.2) is 47.2 Å². The molecule has 0 amide bonds. The van der Waals surface area contributed by atoms with Gasteiger partial charge in [-0.25, -0.2) is 0 Å². The van der Waals surface area contributed by atoms with E-state index in [1.807, 2.05) is 18.7 Å². The van der Waals surface area contributed by atoms with Crippen molar-refractivity contribution in [3.05, 3.63) is 47.2 Å². The summed E-state index contributed by atoms with van der Waals surface area (Å²) in [7, 11) is 1.36. The van der Waals surface area contributed by atoms with Gasteiger partial charge in [-0.15, -0.1) is 0 Å². The number of hydrogen-bond donors (Lipinski definition) is 0. The standard InChI is InChI=1S/C17H20ClNO4/c1-11(2)16-13(20)5-4-12(18)17(16)14-10-19(8-9-23-14)7-6-15(21)22-3/h4-5,8-11,16H,6-7H2,1-3H3. The fourth-order valence-corrected chi connectivity index (χ4v) is 2.85. The number of carbonyl (C=O) groups excluding carboxylic acids is 2. The quantitative estimate of drug-likeness (QED) is 0.721. The van der Waals surface area contributed by atoms with Crippen LogP contribution in [0.4, 0.5) is 0 Å². The molecule has 0 saturated heterocycles. The molecule has 6 heteroatoms. The summed E-state index contributed by atoms with van der Waals surface area (Å²) in [4.78, 5) is 25.3. The van der Waals surface area contributed by atoms with Gasteiger partial charge in [-0.3, -0.25) is 9.59 Å². The normalized spacial score (nSPS) is 20.7. The van der Waals surface area contributed by atoms with E-state index in [0.717, 1.165) is 0 Å². The predicted octanol–water partition coefficient (Wildman–Crippen LogP) is 3.10. The SMILES string of the molecule is COC(=O)CCN1C=COC(C2=C(Cl)C=CC(=O)C2C(C)C)=C1. The minimum absolute atomic E-state index is 0.0135. The summed E-state index contributed by atoms with van der Waals surface area (Å²) in [6.45, 7) is 4.40. The Morgan fingerprint density at radius 1 is 1.43 bits per heavy atom. The third-order valence-electron chi connectivity index (χ3n) is 3.73. The van der Waals surface area contributed by atoms with E-state index in [1.54, 1.807) is 18.5 Å². The van der Waals surface area contributed by atoms with Gasteiger partial charge in [0.05, 0.1) is 19.4 Å². The molecule has 2 rings (SSSR count). The van der Waals surface area contributed by atoms with Crippen molar-refractivity contribution in [3.8, 4) is 0 Å². The summed E-state index contributed by atoms with van der Waals surface area (Å²) in [5, 5.41) is 0.498. The summed E-state index contributed by atoms with van der Waals surface area (Å²) >= 11 is 6.32. The minimum Gasteiger partial charge on any atom is -0.469 e. The molecule has 5 nitrogen and oxygen atoms in total. The molecule has 1 heterocycles. The van der Waals surface area contributed by atoms with Crippen LogP contribution in [-0.4, -0.2) is 30.3 Å². The first-order valence-corrected chi connectivity index (χ1v) is 7.81. The second-order valence-electron chi connectivity index (χ2n) is 5.68. The fourth-order valence-electron chi connectivity index (χ4n) is 2.57. The molecular formula is C17H20ClNO4. The zero-order chi connectivity index (χ0) is 17.0. The van der Waals surface area contributed by atoms with Gasteiger partial charge in [-0.05, 0) is 18.1 Å². The first-order valence-electron chi connectivity index (χ1n) is 7.43. The van der Waals surface area contributed by atoms with Gasteiger partial charge in [0.25, 0.3) is 0 Å². The highest BCUT2D eigenvalue weighted by Gasteiger charge is 2.33.